The van der Waals surface area contributed by atoms with Gasteiger partial charge in [0.05, 0.1) is 22.3 Å². The summed E-state index contributed by atoms with van der Waals surface area (Å²) in [4.78, 5) is 1.51. The van der Waals surface area contributed by atoms with Gasteiger partial charge in [-0.3, -0.25) is 0 Å². The molecule has 0 spiro atoms. The van der Waals surface area contributed by atoms with Crippen molar-refractivity contribution >= 4 is 10.8 Å². The molecule has 0 aromatic heterocycles. The normalized spacial score (nSPS) is 12.1. The zero-order chi connectivity index (χ0) is 12.1. The lowest BCUT2D eigenvalue weighted by molar-refractivity contribution is 0.332. The van der Waals surface area contributed by atoms with Crippen LogP contribution in [0, 0.1) is 0 Å². The first-order chi connectivity index (χ1) is 8.33. The number of hydrogen-bond donors (Lipinski definition) is 0. The highest BCUT2D eigenvalue weighted by Crippen LogP contribution is 2.25. The fourth-order valence-corrected chi connectivity index (χ4v) is 2.72. The zero-order valence-electron chi connectivity index (χ0n) is 9.63. The number of benzene rings is 2. The van der Waals surface area contributed by atoms with Gasteiger partial charge in [0.1, 0.15) is 5.75 Å². The van der Waals surface area contributed by atoms with Crippen molar-refractivity contribution in [3.63, 3.8) is 0 Å². The van der Waals surface area contributed by atoms with Gasteiger partial charge in [-0.25, -0.2) is 4.21 Å². The van der Waals surface area contributed by atoms with E-state index in [4.69, 9.17) is 4.74 Å². The van der Waals surface area contributed by atoms with Crippen LogP contribution in [-0.4, -0.2) is 10.8 Å². The van der Waals surface area contributed by atoms with Crippen LogP contribution in [0.3, 0.4) is 0 Å². The standard InChI is InChI=1S/C14H14O2S/c1-2-16-13-10-6-7-11-14(13)17(15)12-8-4-3-5-9-12/h3-11H,2H2,1H3. The highest BCUT2D eigenvalue weighted by Gasteiger charge is 2.11. The predicted octanol–water partition coefficient (Wildman–Crippen LogP) is 3.25. The van der Waals surface area contributed by atoms with Crippen LogP contribution >= 0.6 is 0 Å². The molecule has 2 aromatic rings. The van der Waals surface area contributed by atoms with Crippen molar-refractivity contribution in [1.29, 1.82) is 0 Å². The minimum Gasteiger partial charge on any atom is -0.493 e. The third-order valence-corrected chi connectivity index (χ3v) is 3.74. The van der Waals surface area contributed by atoms with Crippen LogP contribution in [0.25, 0.3) is 0 Å². The molecule has 0 aliphatic heterocycles. The van der Waals surface area contributed by atoms with E-state index in [1.807, 2.05) is 61.5 Å². The van der Waals surface area contributed by atoms with Crippen molar-refractivity contribution in [3.05, 3.63) is 54.6 Å². The average Bonchev–Trinajstić information content (AvgIpc) is 2.40. The molecule has 0 aliphatic rings. The highest BCUT2D eigenvalue weighted by molar-refractivity contribution is 7.85. The molecular weight excluding hydrogens is 232 g/mol. The molecule has 2 nitrogen and oxygen atoms in total. The lowest BCUT2D eigenvalue weighted by Gasteiger charge is -2.09. The van der Waals surface area contributed by atoms with Gasteiger partial charge in [-0.1, -0.05) is 30.3 Å². The Balaban J connectivity index is 2.37. The Kier molecular flexibility index (Phi) is 3.94. The maximum atomic E-state index is 12.4. The molecule has 3 heteroatoms. The van der Waals surface area contributed by atoms with E-state index in [2.05, 4.69) is 0 Å². The molecule has 0 amide bonds. The first-order valence-electron chi connectivity index (χ1n) is 5.51. The summed E-state index contributed by atoms with van der Waals surface area (Å²) in [5.74, 6) is 0.692. The fraction of sp³-hybridized carbons (Fsp3) is 0.143. The first-order valence-corrected chi connectivity index (χ1v) is 6.66. The molecule has 2 rings (SSSR count). The predicted molar refractivity (Wildman–Crippen MR) is 68.7 cm³/mol. The molecule has 0 aliphatic carbocycles. The minimum atomic E-state index is -1.18. The maximum absolute atomic E-state index is 12.4. The van der Waals surface area contributed by atoms with Crippen LogP contribution < -0.4 is 4.74 Å². The number of para-hydroxylation sites is 1. The second-order valence-corrected chi connectivity index (χ2v) is 4.91. The van der Waals surface area contributed by atoms with E-state index in [1.165, 1.54) is 0 Å². The lowest BCUT2D eigenvalue weighted by atomic mass is 10.3. The Morgan fingerprint density at radius 1 is 1.00 bits per heavy atom. The second-order valence-electron chi connectivity index (χ2n) is 3.46. The molecule has 88 valence electrons. The molecular formula is C14H14O2S. The summed E-state index contributed by atoms with van der Waals surface area (Å²) >= 11 is 0. The van der Waals surface area contributed by atoms with Crippen molar-refractivity contribution in [3.8, 4) is 5.75 Å². The van der Waals surface area contributed by atoms with Crippen molar-refractivity contribution in [2.24, 2.45) is 0 Å². The van der Waals surface area contributed by atoms with Crippen molar-refractivity contribution < 1.29 is 8.95 Å². The molecule has 1 atom stereocenters. The van der Waals surface area contributed by atoms with E-state index in [9.17, 15) is 4.21 Å². The molecule has 2 aromatic carbocycles. The van der Waals surface area contributed by atoms with Crippen molar-refractivity contribution in [2.45, 2.75) is 16.7 Å². The van der Waals surface area contributed by atoms with Gasteiger partial charge < -0.3 is 4.74 Å². The van der Waals surface area contributed by atoms with Crippen LogP contribution in [0.1, 0.15) is 6.92 Å². The summed E-state index contributed by atoms with van der Waals surface area (Å²) in [7, 11) is -1.18. The summed E-state index contributed by atoms with van der Waals surface area (Å²) in [6.45, 7) is 2.49. The quantitative estimate of drug-likeness (QED) is 0.827. The molecule has 0 radical (unpaired) electrons. The zero-order valence-corrected chi connectivity index (χ0v) is 10.4. The monoisotopic (exact) mass is 246 g/mol. The van der Waals surface area contributed by atoms with E-state index >= 15 is 0 Å². The van der Waals surface area contributed by atoms with E-state index in [1.54, 1.807) is 0 Å². The van der Waals surface area contributed by atoms with Gasteiger partial charge in [0.2, 0.25) is 0 Å². The van der Waals surface area contributed by atoms with E-state index < -0.39 is 10.8 Å². The average molecular weight is 246 g/mol. The lowest BCUT2D eigenvalue weighted by Crippen LogP contribution is -1.99. The third-order valence-electron chi connectivity index (χ3n) is 2.31. The largest absolute Gasteiger partial charge is 0.493 e. The van der Waals surface area contributed by atoms with Crippen molar-refractivity contribution in [1.82, 2.24) is 0 Å². The van der Waals surface area contributed by atoms with Crippen LogP contribution in [0.2, 0.25) is 0 Å². The molecule has 0 N–H and O–H groups in total. The molecule has 0 bridgehead atoms. The van der Waals surface area contributed by atoms with Gasteiger partial charge in [0.25, 0.3) is 0 Å². The minimum absolute atomic E-state index is 0.572. The molecule has 0 fully saturated rings. The van der Waals surface area contributed by atoms with E-state index in [0.29, 0.717) is 12.4 Å². The van der Waals surface area contributed by atoms with Crippen LogP contribution in [0.15, 0.2) is 64.4 Å². The molecule has 1 unspecified atom stereocenters. The summed E-state index contributed by atoms with van der Waals surface area (Å²) < 4.78 is 17.9. The van der Waals surface area contributed by atoms with Gasteiger partial charge in [0.15, 0.2) is 0 Å². The smallest absolute Gasteiger partial charge is 0.135 e. The third kappa shape index (κ3) is 2.74. The van der Waals surface area contributed by atoms with Gasteiger partial charge in [0, 0.05) is 4.90 Å². The van der Waals surface area contributed by atoms with Crippen LogP contribution in [0.5, 0.6) is 5.75 Å². The molecule has 17 heavy (non-hydrogen) atoms. The first kappa shape index (κ1) is 11.9. The van der Waals surface area contributed by atoms with Gasteiger partial charge >= 0.3 is 0 Å². The van der Waals surface area contributed by atoms with E-state index in [0.717, 1.165) is 9.79 Å². The Morgan fingerprint density at radius 2 is 1.65 bits per heavy atom. The molecule has 0 saturated heterocycles. The topological polar surface area (TPSA) is 26.3 Å². The highest BCUT2D eigenvalue weighted by atomic mass is 32.2. The Morgan fingerprint density at radius 3 is 2.35 bits per heavy atom. The molecule has 0 saturated carbocycles. The maximum Gasteiger partial charge on any atom is 0.135 e. The Hall–Kier alpha value is -1.61. The van der Waals surface area contributed by atoms with Crippen LogP contribution in [-0.2, 0) is 10.8 Å². The van der Waals surface area contributed by atoms with Crippen molar-refractivity contribution in [2.75, 3.05) is 6.61 Å². The SMILES string of the molecule is CCOc1ccccc1S(=O)c1ccccc1. The van der Waals surface area contributed by atoms with Gasteiger partial charge in [-0.15, -0.1) is 0 Å². The Labute approximate surface area is 104 Å². The van der Waals surface area contributed by atoms with E-state index in [-0.39, 0.29) is 0 Å². The number of rotatable bonds is 4. The van der Waals surface area contributed by atoms with Gasteiger partial charge in [-0.05, 0) is 31.2 Å². The summed E-state index contributed by atoms with van der Waals surface area (Å²) in [6.07, 6.45) is 0. The second kappa shape index (κ2) is 5.64. The van der Waals surface area contributed by atoms with Gasteiger partial charge in [-0.2, -0.15) is 0 Å². The summed E-state index contributed by atoms with van der Waals surface area (Å²) in [5.41, 5.74) is 0. The number of ether oxygens (including phenoxy) is 1. The molecule has 0 heterocycles. The Bertz CT molecular complexity index is 509. The summed E-state index contributed by atoms with van der Waals surface area (Å²) in [5, 5.41) is 0. The summed E-state index contributed by atoms with van der Waals surface area (Å²) in [6, 6.07) is 16.9. The fourth-order valence-electron chi connectivity index (χ4n) is 1.55. The number of hydrogen-bond acceptors (Lipinski definition) is 2. The van der Waals surface area contributed by atoms with Crippen LogP contribution in [0.4, 0.5) is 0 Å².